The standard InChI is InChI=1S/C23H22FNO4/c1-15(17-7-10-20(24)11-8-17)25-23(27)16(2)29-22(26)14-28-21-12-9-18-5-3-4-6-19(18)13-21/h3-13,15-16H,14H2,1-2H3,(H,25,27)/t15-,16+/m1/s1. The topological polar surface area (TPSA) is 64.6 Å². The lowest BCUT2D eigenvalue weighted by Gasteiger charge is -2.18. The van der Waals surface area contributed by atoms with Crippen LogP contribution in [0.5, 0.6) is 5.75 Å². The molecular weight excluding hydrogens is 373 g/mol. The maximum absolute atomic E-state index is 13.0. The number of carbonyl (C=O) groups is 2. The Bertz CT molecular complexity index is 1000. The lowest BCUT2D eigenvalue weighted by atomic mass is 10.1. The van der Waals surface area contributed by atoms with E-state index < -0.39 is 18.0 Å². The van der Waals surface area contributed by atoms with E-state index in [1.54, 1.807) is 25.1 Å². The van der Waals surface area contributed by atoms with Crippen LogP contribution in [0.15, 0.2) is 66.7 Å². The number of amides is 1. The molecule has 6 heteroatoms. The molecule has 0 aromatic heterocycles. The van der Waals surface area contributed by atoms with Gasteiger partial charge in [0.25, 0.3) is 5.91 Å². The molecule has 5 nitrogen and oxygen atoms in total. The number of benzene rings is 3. The zero-order valence-electron chi connectivity index (χ0n) is 16.2. The fourth-order valence-corrected chi connectivity index (χ4v) is 2.85. The molecule has 0 aliphatic rings. The number of carbonyl (C=O) groups excluding carboxylic acids is 2. The molecule has 0 heterocycles. The minimum Gasteiger partial charge on any atom is -0.482 e. The van der Waals surface area contributed by atoms with Crippen LogP contribution < -0.4 is 10.1 Å². The smallest absolute Gasteiger partial charge is 0.344 e. The van der Waals surface area contributed by atoms with Crippen molar-refractivity contribution in [3.8, 4) is 5.75 Å². The van der Waals surface area contributed by atoms with Gasteiger partial charge in [0.15, 0.2) is 12.7 Å². The van der Waals surface area contributed by atoms with Crippen LogP contribution in [0.2, 0.25) is 0 Å². The number of ether oxygens (including phenoxy) is 2. The largest absolute Gasteiger partial charge is 0.482 e. The van der Waals surface area contributed by atoms with Crippen molar-refractivity contribution in [3.05, 3.63) is 78.1 Å². The van der Waals surface area contributed by atoms with Gasteiger partial charge in [-0.1, -0.05) is 42.5 Å². The molecule has 29 heavy (non-hydrogen) atoms. The van der Waals surface area contributed by atoms with Gasteiger partial charge in [0.2, 0.25) is 0 Å². The summed E-state index contributed by atoms with van der Waals surface area (Å²) in [5.74, 6) is -0.889. The van der Waals surface area contributed by atoms with Gasteiger partial charge in [-0.05, 0) is 54.4 Å². The molecule has 0 bridgehead atoms. The molecule has 1 amide bonds. The second-order valence-corrected chi connectivity index (χ2v) is 6.71. The lowest BCUT2D eigenvalue weighted by molar-refractivity contribution is -0.156. The normalized spacial score (nSPS) is 12.8. The van der Waals surface area contributed by atoms with E-state index in [0.29, 0.717) is 5.75 Å². The van der Waals surface area contributed by atoms with Gasteiger partial charge in [-0.3, -0.25) is 4.79 Å². The van der Waals surface area contributed by atoms with Gasteiger partial charge in [0.1, 0.15) is 11.6 Å². The third-order valence-electron chi connectivity index (χ3n) is 4.48. The molecule has 3 aromatic rings. The minimum atomic E-state index is -0.981. The van der Waals surface area contributed by atoms with Gasteiger partial charge in [-0.25, -0.2) is 9.18 Å². The van der Waals surface area contributed by atoms with Crippen LogP contribution in [-0.4, -0.2) is 24.6 Å². The van der Waals surface area contributed by atoms with Crippen molar-refractivity contribution >= 4 is 22.6 Å². The molecule has 0 spiro atoms. The van der Waals surface area contributed by atoms with E-state index in [2.05, 4.69) is 5.32 Å². The van der Waals surface area contributed by atoms with Gasteiger partial charge >= 0.3 is 5.97 Å². The molecule has 0 aliphatic carbocycles. The molecule has 3 rings (SSSR count). The summed E-state index contributed by atoms with van der Waals surface area (Å²) in [6.07, 6.45) is -0.981. The zero-order valence-corrected chi connectivity index (χ0v) is 16.2. The van der Waals surface area contributed by atoms with E-state index in [0.717, 1.165) is 16.3 Å². The van der Waals surface area contributed by atoms with Crippen molar-refractivity contribution in [2.75, 3.05) is 6.61 Å². The number of fused-ring (bicyclic) bond motifs is 1. The Hall–Kier alpha value is -3.41. The second-order valence-electron chi connectivity index (χ2n) is 6.71. The summed E-state index contributed by atoms with van der Waals surface area (Å²) >= 11 is 0. The molecule has 0 saturated carbocycles. The first-order chi connectivity index (χ1) is 13.9. The van der Waals surface area contributed by atoms with Crippen LogP contribution in [0.3, 0.4) is 0 Å². The molecule has 150 valence electrons. The predicted octanol–water partition coefficient (Wildman–Crippen LogP) is 4.17. The van der Waals surface area contributed by atoms with Crippen molar-refractivity contribution in [1.29, 1.82) is 0 Å². The number of hydrogen-bond acceptors (Lipinski definition) is 4. The molecule has 0 fully saturated rings. The van der Waals surface area contributed by atoms with Crippen LogP contribution in [0.25, 0.3) is 10.8 Å². The second kappa shape index (κ2) is 9.19. The van der Waals surface area contributed by atoms with E-state index in [-0.39, 0.29) is 18.5 Å². The molecule has 0 saturated heterocycles. The van der Waals surface area contributed by atoms with Crippen molar-refractivity contribution < 1.29 is 23.5 Å². The van der Waals surface area contributed by atoms with Crippen LogP contribution in [0.4, 0.5) is 4.39 Å². The van der Waals surface area contributed by atoms with Crippen molar-refractivity contribution in [2.24, 2.45) is 0 Å². The highest BCUT2D eigenvalue weighted by Gasteiger charge is 2.20. The number of hydrogen-bond donors (Lipinski definition) is 1. The quantitative estimate of drug-likeness (QED) is 0.610. The zero-order chi connectivity index (χ0) is 20.8. The van der Waals surface area contributed by atoms with Gasteiger partial charge in [0, 0.05) is 0 Å². The summed E-state index contributed by atoms with van der Waals surface area (Å²) in [6.45, 7) is 2.95. The van der Waals surface area contributed by atoms with Crippen molar-refractivity contribution in [2.45, 2.75) is 26.0 Å². The minimum absolute atomic E-state index is 0.302. The fourth-order valence-electron chi connectivity index (χ4n) is 2.85. The Labute approximate surface area is 168 Å². The number of rotatable bonds is 7. The number of halogens is 1. The van der Waals surface area contributed by atoms with E-state index in [9.17, 15) is 14.0 Å². The summed E-state index contributed by atoms with van der Waals surface area (Å²) in [5.41, 5.74) is 0.748. The van der Waals surface area contributed by atoms with Gasteiger partial charge in [-0.2, -0.15) is 0 Å². The third kappa shape index (κ3) is 5.54. The molecule has 1 N–H and O–H groups in total. The molecule has 0 unspecified atom stereocenters. The Morgan fingerprint density at radius 2 is 1.66 bits per heavy atom. The SMILES string of the molecule is C[C@H](OC(=O)COc1ccc2ccccc2c1)C(=O)N[C@H](C)c1ccc(F)cc1. The van der Waals surface area contributed by atoms with E-state index in [1.807, 2.05) is 36.4 Å². The maximum atomic E-state index is 13.0. The summed E-state index contributed by atoms with van der Waals surface area (Å²) in [4.78, 5) is 24.3. The molecule has 0 radical (unpaired) electrons. The monoisotopic (exact) mass is 395 g/mol. The van der Waals surface area contributed by atoms with Crippen LogP contribution in [-0.2, 0) is 14.3 Å². The first-order valence-corrected chi connectivity index (χ1v) is 9.29. The highest BCUT2D eigenvalue weighted by atomic mass is 19.1. The van der Waals surface area contributed by atoms with Crippen LogP contribution in [0, 0.1) is 5.82 Å². The highest BCUT2D eigenvalue weighted by molar-refractivity contribution is 5.85. The molecule has 2 atom stereocenters. The predicted molar refractivity (Wildman–Crippen MR) is 108 cm³/mol. The van der Waals surface area contributed by atoms with E-state index in [1.165, 1.54) is 19.1 Å². The molecular formula is C23H22FNO4. The average Bonchev–Trinajstić information content (AvgIpc) is 2.72. The Balaban J connectivity index is 1.48. The van der Waals surface area contributed by atoms with Crippen molar-refractivity contribution in [3.63, 3.8) is 0 Å². The lowest BCUT2D eigenvalue weighted by Crippen LogP contribution is -2.38. The highest BCUT2D eigenvalue weighted by Crippen LogP contribution is 2.20. The van der Waals surface area contributed by atoms with Crippen LogP contribution >= 0.6 is 0 Å². The number of nitrogens with one attached hydrogen (secondary N) is 1. The first kappa shape index (κ1) is 20.3. The van der Waals surface area contributed by atoms with Crippen LogP contribution in [0.1, 0.15) is 25.5 Å². The van der Waals surface area contributed by atoms with Gasteiger partial charge < -0.3 is 14.8 Å². The fraction of sp³-hybridized carbons (Fsp3) is 0.217. The molecule has 3 aromatic carbocycles. The number of esters is 1. The third-order valence-corrected chi connectivity index (χ3v) is 4.48. The van der Waals surface area contributed by atoms with E-state index >= 15 is 0 Å². The summed E-state index contributed by atoms with van der Waals surface area (Å²) < 4.78 is 23.6. The van der Waals surface area contributed by atoms with Gasteiger partial charge in [0.05, 0.1) is 6.04 Å². The summed E-state index contributed by atoms with van der Waals surface area (Å²) in [6, 6.07) is 18.8. The van der Waals surface area contributed by atoms with Crippen molar-refractivity contribution in [1.82, 2.24) is 5.32 Å². The Morgan fingerprint density at radius 1 is 0.966 bits per heavy atom. The van der Waals surface area contributed by atoms with E-state index in [4.69, 9.17) is 9.47 Å². The molecule has 0 aliphatic heterocycles. The van der Waals surface area contributed by atoms with Gasteiger partial charge in [-0.15, -0.1) is 0 Å². The summed E-state index contributed by atoms with van der Waals surface area (Å²) in [7, 11) is 0. The average molecular weight is 395 g/mol. The Kier molecular flexibility index (Phi) is 6.44. The first-order valence-electron chi connectivity index (χ1n) is 9.29. The maximum Gasteiger partial charge on any atom is 0.344 e. The summed E-state index contributed by atoms with van der Waals surface area (Å²) in [5, 5.41) is 4.81. The Morgan fingerprint density at radius 3 is 2.38 bits per heavy atom.